The second-order valence-electron chi connectivity index (χ2n) is 5.76. The van der Waals surface area contributed by atoms with Gasteiger partial charge in [-0.25, -0.2) is 8.42 Å². The molecule has 1 heterocycles. The van der Waals surface area contributed by atoms with Crippen LogP contribution in [-0.4, -0.2) is 24.4 Å². The number of anilines is 3. The van der Waals surface area contributed by atoms with Crippen LogP contribution in [0.25, 0.3) is 0 Å². The van der Waals surface area contributed by atoms with Crippen LogP contribution in [0.3, 0.4) is 0 Å². The first-order valence-corrected chi connectivity index (χ1v) is 10.1. The molecular formula is C19H20N4O3S. The molecule has 2 aromatic carbocycles. The Morgan fingerprint density at radius 1 is 0.889 bits per heavy atom. The van der Waals surface area contributed by atoms with Crippen LogP contribution < -0.4 is 14.8 Å². The zero-order chi connectivity index (χ0) is 19.1. The van der Waals surface area contributed by atoms with Crippen LogP contribution in [0.15, 0.2) is 66.7 Å². The fraction of sp³-hybridized carbons (Fsp3) is 0.158. The third-order valence-electron chi connectivity index (χ3n) is 3.52. The second-order valence-corrected chi connectivity index (χ2v) is 7.60. The van der Waals surface area contributed by atoms with Crippen molar-refractivity contribution in [2.45, 2.75) is 13.3 Å². The average molecular weight is 384 g/mol. The van der Waals surface area contributed by atoms with Gasteiger partial charge in [0.2, 0.25) is 10.0 Å². The van der Waals surface area contributed by atoms with Gasteiger partial charge in [0.25, 0.3) is 0 Å². The van der Waals surface area contributed by atoms with Crippen LogP contribution in [0.1, 0.15) is 13.3 Å². The minimum absolute atomic E-state index is 0.0406. The smallest absolute Gasteiger partial charge is 0.233 e. The summed E-state index contributed by atoms with van der Waals surface area (Å²) in [7, 11) is -3.39. The first-order chi connectivity index (χ1) is 13.1. The van der Waals surface area contributed by atoms with Gasteiger partial charge in [-0.2, -0.15) is 0 Å². The van der Waals surface area contributed by atoms with Gasteiger partial charge in [-0.05, 0) is 42.8 Å². The summed E-state index contributed by atoms with van der Waals surface area (Å²) in [5.74, 6) is 2.05. The number of nitrogens with zero attached hydrogens (tertiary/aromatic N) is 2. The Balaban J connectivity index is 1.72. The predicted octanol–water partition coefficient (Wildman–Crippen LogP) is 4.16. The third-order valence-corrected chi connectivity index (χ3v) is 4.98. The molecular weight excluding hydrogens is 364 g/mol. The van der Waals surface area contributed by atoms with E-state index in [1.807, 2.05) is 54.6 Å². The number of nitrogens with one attached hydrogen (secondary N) is 2. The Labute approximate surface area is 158 Å². The lowest BCUT2D eigenvalue weighted by Crippen LogP contribution is -2.17. The number of para-hydroxylation sites is 3. The van der Waals surface area contributed by atoms with E-state index in [4.69, 9.17) is 4.74 Å². The molecule has 1 aromatic heterocycles. The largest absolute Gasteiger partial charge is 0.455 e. The minimum Gasteiger partial charge on any atom is -0.455 e. The highest BCUT2D eigenvalue weighted by Crippen LogP contribution is 2.30. The average Bonchev–Trinajstić information content (AvgIpc) is 2.65. The lowest BCUT2D eigenvalue weighted by molar-refractivity contribution is 0.485. The van der Waals surface area contributed by atoms with Gasteiger partial charge in [0, 0.05) is 0 Å². The lowest BCUT2D eigenvalue weighted by Gasteiger charge is -2.12. The van der Waals surface area contributed by atoms with Crippen LogP contribution in [0.4, 0.5) is 17.3 Å². The van der Waals surface area contributed by atoms with Crippen molar-refractivity contribution in [3.8, 4) is 11.5 Å². The molecule has 140 valence electrons. The molecule has 8 heteroatoms. The maximum absolute atomic E-state index is 11.8. The number of ether oxygens (including phenoxy) is 1. The van der Waals surface area contributed by atoms with Crippen molar-refractivity contribution in [3.05, 3.63) is 66.7 Å². The molecule has 0 spiro atoms. The highest BCUT2D eigenvalue weighted by atomic mass is 32.2. The van der Waals surface area contributed by atoms with E-state index in [0.29, 0.717) is 18.0 Å². The van der Waals surface area contributed by atoms with Crippen molar-refractivity contribution >= 4 is 27.3 Å². The summed E-state index contributed by atoms with van der Waals surface area (Å²) in [6.07, 6.45) is 0.528. The Kier molecular flexibility index (Phi) is 5.87. The first kappa shape index (κ1) is 18.7. The molecule has 0 amide bonds. The van der Waals surface area contributed by atoms with Gasteiger partial charge in [-0.3, -0.25) is 4.72 Å². The summed E-state index contributed by atoms with van der Waals surface area (Å²) in [4.78, 5) is 0. The van der Waals surface area contributed by atoms with Gasteiger partial charge >= 0.3 is 0 Å². The first-order valence-electron chi connectivity index (χ1n) is 8.49. The number of aromatic nitrogens is 2. The van der Waals surface area contributed by atoms with Gasteiger partial charge in [0.15, 0.2) is 17.4 Å². The van der Waals surface area contributed by atoms with E-state index in [-0.39, 0.29) is 11.6 Å². The van der Waals surface area contributed by atoms with Gasteiger partial charge in [-0.1, -0.05) is 37.3 Å². The van der Waals surface area contributed by atoms with Crippen molar-refractivity contribution in [2.24, 2.45) is 0 Å². The normalized spacial score (nSPS) is 11.0. The molecule has 0 saturated heterocycles. The van der Waals surface area contributed by atoms with E-state index in [0.717, 1.165) is 11.4 Å². The highest BCUT2D eigenvalue weighted by Gasteiger charge is 2.10. The molecule has 0 atom stereocenters. The Bertz CT molecular complexity index is 977. The van der Waals surface area contributed by atoms with E-state index < -0.39 is 10.0 Å². The van der Waals surface area contributed by atoms with Gasteiger partial charge in [0.05, 0.1) is 11.4 Å². The van der Waals surface area contributed by atoms with Crippen LogP contribution >= 0.6 is 0 Å². The van der Waals surface area contributed by atoms with E-state index in [9.17, 15) is 8.42 Å². The summed E-state index contributed by atoms with van der Waals surface area (Å²) < 4.78 is 31.9. The molecule has 27 heavy (non-hydrogen) atoms. The molecule has 2 N–H and O–H groups in total. The van der Waals surface area contributed by atoms with Crippen molar-refractivity contribution in [1.82, 2.24) is 10.2 Å². The van der Waals surface area contributed by atoms with Crippen molar-refractivity contribution < 1.29 is 13.2 Å². The molecule has 0 bridgehead atoms. The SMILES string of the molecule is CCCS(=O)(=O)Nc1ccc(Nc2ccccc2Oc2ccccc2)nn1. The number of sulfonamides is 1. The fourth-order valence-electron chi connectivity index (χ4n) is 2.34. The van der Waals surface area contributed by atoms with Crippen molar-refractivity contribution in [3.63, 3.8) is 0 Å². The lowest BCUT2D eigenvalue weighted by atomic mass is 10.3. The van der Waals surface area contributed by atoms with Gasteiger partial charge < -0.3 is 10.1 Å². The summed E-state index contributed by atoms with van der Waals surface area (Å²) in [5.41, 5.74) is 0.718. The van der Waals surface area contributed by atoms with Crippen LogP contribution in [0.2, 0.25) is 0 Å². The quantitative estimate of drug-likeness (QED) is 0.606. The van der Waals surface area contributed by atoms with E-state index >= 15 is 0 Å². The zero-order valence-corrected chi connectivity index (χ0v) is 15.6. The maximum Gasteiger partial charge on any atom is 0.233 e. The topological polar surface area (TPSA) is 93.2 Å². The zero-order valence-electron chi connectivity index (χ0n) is 14.8. The van der Waals surface area contributed by atoms with Crippen molar-refractivity contribution in [2.75, 3.05) is 15.8 Å². The second kappa shape index (κ2) is 8.50. The van der Waals surface area contributed by atoms with Crippen LogP contribution in [0, 0.1) is 0 Å². The molecule has 3 rings (SSSR count). The monoisotopic (exact) mass is 384 g/mol. The predicted molar refractivity (Wildman–Crippen MR) is 106 cm³/mol. The minimum atomic E-state index is -3.39. The molecule has 0 unspecified atom stereocenters. The standard InChI is InChI=1S/C19H20N4O3S/c1-2-14-27(24,25)23-19-13-12-18(21-22-19)20-16-10-6-7-11-17(16)26-15-8-4-3-5-9-15/h3-13H,2,14H2,1H3,(H,20,21)(H,22,23). The van der Waals surface area contributed by atoms with Crippen LogP contribution in [-0.2, 0) is 10.0 Å². The molecule has 0 aliphatic rings. The summed E-state index contributed by atoms with van der Waals surface area (Å²) >= 11 is 0. The molecule has 0 radical (unpaired) electrons. The summed E-state index contributed by atoms with van der Waals surface area (Å²) in [6, 6.07) is 20.1. The third kappa shape index (κ3) is 5.42. The molecule has 0 aliphatic carbocycles. The molecule has 7 nitrogen and oxygen atoms in total. The number of rotatable bonds is 8. The number of hydrogen-bond donors (Lipinski definition) is 2. The van der Waals surface area contributed by atoms with Crippen LogP contribution in [0.5, 0.6) is 11.5 Å². The Morgan fingerprint density at radius 2 is 1.56 bits per heavy atom. The molecule has 3 aromatic rings. The molecule has 0 saturated carbocycles. The number of benzene rings is 2. The maximum atomic E-state index is 11.8. The molecule has 0 aliphatic heterocycles. The summed E-state index contributed by atoms with van der Waals surface area (Å²) in [5, 5.41) is 11.1. The van der Waals surface area contributed by atoms with E-state index in [2.05, 4.69) is 20.2 Å². The Hall–Kier alpha value is -3.13. The fourth-order valence-corrected chi connectivity index (χ4v) is 3.41. The van der Waals surface area contributed by atoms with E-state index in [1.165, 1.54) is 0 Å². The highest BCUT2D eigenvalue weighted by molar-refractivity contribution is 7.92. The van der Waals surface area contributed by atoms with E-state index in [1.54, 1.807) is 19.1 Å². The van der Waals surface area contributed by atoms with Crippen molar-refractivity contribution in [1.29, 1.82) is 0 Å². The van der Waals surface area contributed by atoms with Gasteiger partial charge in [0.1, 0.15) is 5.75 Å². The summed E-state index contributed by atoms with van der Waals surface area (Å²) in [6.45, 7) is 1.80. The number of hydrogen-bond acceptors (Lipinski definition) is 6. The Morgan fingerprint density at radius 3 is 2.26 bits per heavy atom. The van der Waals surface area contributed by atoms with Gasteiger partial charge in [-0.15, -0.1) is 10.2 Å². The molecule has 0 fully saturated rings.